The number of anilines is 1. The molecule has 0 saturated heterocycles. The van der Waals surface area contributed by atoms with Crippen LogP contribution in [0.5, 0.6) is 11.5 Å². The molecule has 38 heavy (non-hydrogen) atoms. The zero-order valence-electron chi connectivity index (χ0n) is 21.8. The lowest BCUT2D eigenvalue weighted by Crippen LogP contribution is -2.23. The first-order chi connectivity index (χ1) is 17.4. The summed E-state index contributed by atoms with van der Waals surface area (Å²) in [6.45, 7) is 4.86. The number of hydrogen-bond acceptors (Lipinski definition) is 8. The molecule has 1 fully saturated rings. The molecule has 5 rings (SSSR count). The fourth-order valence-electron chi connectivity index (χ4n) is 4.44. The number of nitrogens with two attached hydrogens (primary N) is 1. The molecule has 3 heterocycles. The van der Waals surface area contributed by atoms with E-state index in [4.69, 9.17) is 29.9 Å². The van der Waals surface area contributed by atoms with Crippen molar-refractivity contribution in [3.05, 3.63) is 66.0 Å². The molecule has 3 aliphatic rings. The van der Waals surface area contributed by atoms with Gasteiger partial charge in [-0.25, -0.2) is 15.0 Å². The standard InChI is InChI=1S/C27H32N6O3.2ClH/c1-27(2,35-16-18-10-12-29-13-11-18)26-31-23-24(28)30-17-33(25(23)32-26)15-19-8-9-21(34-3)22(14-19)36-20-6-4-5-7-20;;/h8-14,17,20H,4-7,15-16,28H2,1-3H3;2*1H. The van der Waals surface area contributed by atoms with Gasteiger partial charge in [0.1, 0.15) is 5.60 Å². The first kappa shape index (κ1) is 29.4. The van der Waals surface area contributed by atoms with Crippen molar-refractivity contribution in [1.29, 1.82) is 0 Å². The number of halogens is 2. The number of fused-ring (bicyclic) bond motifs is 1. The number of ether oxygens (including phenoxy) is 3. The summed E-state index contributed by atoms with van der Waals surface area (Å²) >= 11 is 0. The Hall–Kier alpha value is -3.14. The van der Waals surface area contributed by atoms with Crippen LogP contribution in [-0.4, -0.2) is 37.7 Å². The van der Waals surface area contributed by atoms with E-state index in [-0.39, 0.29) is 30.9 Å². The van der Waals surface area contributed by atoms with Gasteiger partial charge in [0.15, 0.2) is 34.7 Å². The minimum absolute atomic E-state index is 0. The molecule has 2 N–H and O–H groups in total. The summed E-state index contributed by atoms with van der Waals surface area (Å²) in [6.07, 6.45) is 10.0. The van der Waals surface area contributed by atoms with Crippen LogP contribution in [0.25, 0.3) is 11.5 Å². The highest BCUT2D eigenvalue weighted by molar-refractivity contribution is 5.85. The largest absolute Gasteiger partial charge is 0.493 e. The Morgan fingerprint density at radius 3 is 2.45 bits per heavy atom. The number of pyridine rings is 1. The molecule has 0 spiro atoms. The Labute approximate surface area is 235 Å². The maximum atomic E-state index is 6.28. The van der Waals surface area contributed by atoms with Gasteiger partial charge in [-0.15, -0.1) is 24.8 Å². The topological polar surface area (TPSA) is 110 Å². The third kappa shape index (κ3) is 6.46. The van der Waals surface area contributed by atoms with Crippen LogP contribution in [0, 0.1) is 0 Å². The second-order valence-corrected chi connectivity index (χ2v) is 9.64. The lowest BCUT2D eigenvalue weighted by molar-refractivity contribution is -0.0393. The molecule has 0 bridgehead atoms. The van der Waals surface area contributed by atoms with Crippen LogP contribution in [0.1, 0.15) is 56.5 Å². The van der Waals surface area contributed by atoms with Crippen LogP contribution >= 0.6 is 24.8 Å². The van der Waals surface area contributed by atoms with Crippen molar-refractivity contribution in [3.63, 3.8) is 0 Å². The highest BCUT2D eigenvalue weighted by Gasteiger charge is 2.30. The summed E-state index contributed by atoms with van der Waals surface area (Å²) in [4.78, 5) is 18.0. The lowest BCUT2D eigenvalue weighted by Gasteiger charge is -2.22. The fraction of sp³-hybridized carbons (Fsp3) is 0.407. The zero-order valence-corrected chi connectivity index (χ0v) is 23.4. The van der Waals surface area contributed by atoms with Crippen molar-refractivity contribution < 1.29 is 14.2 Å². The van der Waals surface area contributed by atoms with E-state index in [1.54, 1.807) is 25.8 Å². The zero-order chi connectivity index (χ0) is 25.1. The second-order valence-electron chi connectivity index (χ2n) is 9.64. The van der Waals surface area contributed by atoms with E-state index in [1.165, 1.54) is 12.8 Å². The van der Waals surface area contributed by atoms with Crippen molar-refractivity contribution in [2.24, 2.45) is 0 Å². The van der Waals surface area contributed by atoms with E-state index in [0.717, 1.165) is 35.5 Å². The van der Waals surface area contributed by atoms with Crippen molar-refractivity contribution >= 4 is 30.6 Å². The maximum Gasteiger partial charge on any atom is 0.166 e. The average Bonchev–Trinajstić information content (AvgIpc) is 3.57. The minimum Gasteiger partial charge on any atom is -0.493 e. The van der Waals surface area contributed by atoms with E-state index in [0.29, 0.717) is 36.3 Å². The van der Waals surface area contributed by atoms with E-state index in [2.05, 4.69) is 9.97 Å². The number of hydrogen-bond donors (Lipinski definition) is 1. The van der Waals surface area contributed by atoms with Gasteiger partial charge in [0.25, 0.3) is 0 Å². The molecule has 0 unspecified atom stereocenters. The number of methoxy groups -OCH3 is 1. The summed E-state index contributed by atoms with van der Waals surface area (Å²) < 4.78 is 19.9. The third-order valence-corrected chi connectivity index (χ3v) is 6.56. The SMILES string of the molecule is COc1ccc(Cn2cnc(N)c3nc(C(C)(C)OCc4ccncc4)nc2-3)cc1OC1CCCC1.Cl.Cl. The summed E-state index contributed by atoms with van der Waals surface area (Å²) in [5, 5.41) is 0. The summed E-state index contributed by atoms with van der Waals surface area (Å²) in [5.74, 6) is 3.05. The molecule has 0 radical (unpaired) electrons. The molecule has 1 saturated carbocycles. The fourth-order valence-corrected chi connectivity index (χ4v) is 4.44. The van der Waals surface area contributed by atoms with Gasteiger partial charge in [-0.2, -0.15) is 0 Å². The monoisotopic (exact) mass is 560 g/mol. The maximum absolute atomic E-state index is 6.28. The summed E-state index contributed by atoms with van der Waals surface area (Å²) in [5.41, 5.74) is 8.08. The second kappa shape index (κ2) is 12.6. The number of rotatable bonds is 9. The first-order valence-corrected chi connectivity index (χ1v) is 12.3. The molecule has 204 valence electrons. The normalized spacial score (nSPS) is 13.7. The van der Waals surface area contributed by atoms with Crippen molar-refractivity contribution in [2.75, 3.05) is 12.8 Å². The first-order valence-electron chi connectivity index (χ1n) is 12.3. The van der Waals surface area contributed by atoms with Gasteiger partial charge in [0, 0.05) is 12.4 Å². The van der Waals surface area contributed by atoms with Gasteiger partial charge in [0.05, 0.1) is 32.7 Å². The van der Waals surface area contributed by atoms with Crippen LogP contribution in [-0.2, 0) is 23.5 Å². The number of aromatic nitrogens is 5. The van der Waals surface area contributed by atoms with Crippen molar-refractivity contribution in [3.8, 4) is 23.0 Å². The van der Waals surface area contributed by atoms with Gasteiger partial charge < -0.3 is 24.5 Å². The van der Waals surface area contributed by atoms with Gasteiger partial charge in [0.2, 0.25) is 0 Å². The van der Waals surface area contributed by atoms with Crippen LogP contribution in [0.15, 0.2) is 49.1 Å². The number of nitrogen functional groups attached to an aromatic ring is 1. The summed E-state index contributed by atoms with van der Waals surface area (Å²) in [7, 11) is 1.66. The van der Waals surface area contributed by atoms with Gasteiger partial charge in [-0.3, -0.25) is 4.98 Å². The Balaban J connectivity index is 0.00000200. The molecule has 0 atom stereocenters. The Kier molecular flexibility index (Phi) is 9.76. The molecule has 0 amide bonds. The predicted molar refractivity (Wildman–Crippen MR) is 150 cm³/mol. The molecule has 2 aromatic rings. The van der Waals surface area contributed by atoms with E-state index < -0.39 is 5.60 Å². The Morgan fingerprint density at radius 2 is 1.74 bits per heavy atom. The van der Waals surface area contributed by atoms with Crippen molar-refractivity contribution in [1.82, 2.24) is 24.5 Å². The van der Waals surface area contributed by atoms with E-state index in [1.807, 2.05) is 48.7 Å². The Morgan fingerprint density at radius 1 is 1.00 bits per heavy atom. The molecule has 1 aromatic carbocycles. The van der Waals surface area contributed by atoms with Crippen LogP contribution in [0.3, 0.4) is 0 Å². The summed E-state index contributed by atoms with van der Waals surface area (Å²) in [6, 6.07) is 9.85. The smallest absolute Gasteiger partial charge is 0.166 e. The molecule has 1 aromatic heterocycles. The van der Waals surface area contributed by atoms with Crippen molar-refractivity contribution in [2.45, 2.75) is 64.4 Å². The minimum atomic E-state index is -0.727. The van der Waals surface area contributed by atoms with Crippen LogP contribution in [0.4, 0.5) is 5.82 Å². The molecule has 1 aliphatic carbocycles. The number of imidazole rings is 1. The van der Waals surface area contributed by atoms with E-state index in [9.17, 15) is 0 Å². The van der Waals surface area contributed by atoms with Crippen LogP contribution < -0.4 is 15.2 Å². The molecule has 9 nitrogen and oxygen atoms in total. The lowest BCUT2D eigenvalue weighted by atomic mass is 10.1. The molecule has 11 heteroatoms. The highest BCUT2D eigenvalue weighted by Crippen LogP contribution is 2.34. The van der Waals surface area contributed by atoms with Gasteiger partial charge in [-0.1, -0.05) is 6.07 Å². The number of benzene rings is 1. The molecular weight excluding hydrogens is 527 g/mol. The van der Waals surface area contributed by atoms with E-state index >= 15 is 0 Å². The molecular formula is C27H34Cl2N6O3. The highest BCUT2D eigenvalue weighted by atomic mass is 35.5. The number of nitrogens with zero attached hydrogens (tertiary/aromatic N) is 5. The van der Waals surface area contributed by atoms with Gasteiger partial charge >= 0.3 is 0 Å². The third-order valence-electron chi connectivity index (χ3n) is 6.56. The molecule has 2 aliphatic heterocycles. The Bertz CT molecular complexity index is 1300. The quantitative estimate of drug-likeness (QED) is 0.288. The predicted octanol–water partition coefficient (Wildman–Crippen LogP) is 5.43. The van der Waals surface area contributed by atoms with Crippen LogP contribution in [0.2, 0.25) is 0 Å². The van der Waals surface area contributed by atoms with Gasteiger partial charge in [-0.05, 0) is 74.9 Å². The average molecular weight is 562 g/mol.